The zero-order valence-electron chi connectivity index (χ0n) is 9.34. The van der Waals surface area contributed by atoms with Gasteiger partial charge in [-0.25, -0.2) is 0 Å². The highest BCUT2D eigenvalue weighted by atomic mass is 31.1. The summed E-state index contributed by atoms with van der Waals surface area (Å²) in [7, 11) is 0.394. The Kier molecular flexibility index (Phi) is 2.71. The van der Waals surface area contributed by atoms with Crippen molar-refractivity contribution in [3.8, 4) is 0 Å². The summed E-state index contributed by atoms with van der Waals surface area (Å²) in [6, 6.07) is 0. The molecule has 0 aromatic rings. The van der Waals surface area contributed by atoms with Crippen LogP contribution in [0.1, 0.15) is 59.3 Å². The van der Waals surface area contributed by atoms with Gasteiger partial charge in [-0.1, -0.05) is 41.5 Å². The SMILES string of the molecule is CCC1(P2[C@H](C)C[C@H]2C)CCCC1. The lowest BCUT2D eigenvalue weighted by atomic mass is 10.0. The minimum atomic E-state index is 0.394. The van der Waals surface area contributed by atoms with Crippen LogP contribution in [0.2, 0.25) is 0 Å². The number of hydrogen-bond donors (Lipinski definition) is 0. The van der Waals surface area contributed by atoms with Crippen LogP contribution in [0, 0.1) is 0 Å². The van der Waals surface area contributed by atoms with Gasteiger partial charge in [0.1, 0.15) is 0 Å². The molecular formula is C12H23P. The molecule has 0 aromatic heterocycles. The molecule has 1 aliphatic heterocycles. The lowest BCUT2D eigenvalue weighted by Gasteiger charge is -2.53. The molecule has 1 heteroatoms. The van der Waals surface area contributed by atoms with Crippen molar-refractivity contribution in [2.45, 2.75) is 75.8 Å². The highest BCUT2D eigenvalue weighted by Gasteiger charge is 2.49. The lowest BCUT2D eigenvalue weighted by Crippen LogP contribution is -2.38. The molecule has 13 heavy (non-hydrogen) atoms. The van der Waals surface area contributed by atoms with E-state index in [0.717, 1.165) is 16.5 Å². The van der Waals surface area contributed by atoms with Crippen LogP contribution in [0.4, 0.5) is 0 Å². The van der Waals surface area contributed by atoms with E-state index in [1.165, 1.54) is 25.7 Å². The molecule has 1 saturated heterocycles. The monoisotopic (exact) mass is 198 g/mol. The maximum Gasteiger partial charge on any atom is -0.00922 e. The van der Waals surface area contributed by atoms with Gasteiger partial charge in [-0.3, -0.25) is 0 Å². The Morgan fingerprint density at radius 1 is 1.15 bits per heavy atom. The van der Waals surface area contributed by atoms with Crippen LogP contribution in [0.15, 0.2) is 0 Å². The van der Waals surface area contributed by atoms with Gasteiger partial charge >= 0.3 is 0 Å². The molecule has 2 rings (SSSR count). The van der Waals surface area contributed by atoms with E-state index >= 15 is 0 Å². The quantitative estimate of drug-likeness (QED) is 0.578. The third kappa shape index (κ3) is 1.46. The minimum Gasteiger partial charge on any atom is -0.0945 e. The standard InChI is InChI=1S/C12H23P/c1-4-12(7-5-6-8-12)13-10(2)9-11(13)3/h10-11H,4-9H2,1-3H3/t10-,11-/m1/s1. The maximum absolute atomic E-state index is 2.50. The van der Waals surface area contributed by atoms with Gasteiger partial charge in [0.25, 0.3) is 0 Å². The molecule has 0 spiro atoms. The Morgan fingerprint density at radius 3 is 2.08 bits per heavy atom. The number of hydrogen-bond acceptors (Lipinski definition) is 0. The van der Waals surface area contributed by atoms with Gasteiger partial charge in [-0.15, -0.1) is 0 Å². The first-order chi connectivity index (χ1) is 6.19. The molecule has 1 saturated carbocycles. The Bertz CT molecular complexity index is 174. The molecule has 2 aliphatic rings. The molecule has 0 N–H and O–H groups in total. The van der Waals surface area contributed by atoms with Crippen LogP contribution in [-0.4, -0.2) is 16.5 Å². The van der Waals surface area contributed by atoms with Crippen molar-refractivity contribution in [2.75, 3.05) is 0 Å². The Labute approximate surface area is 84.2 Å². The van der Waals surface area contributed by atoms with Crippen LogP contribution < -0.4 is 0 Å². The summed E-state index contributed by atoms with van der Waals surface area (Å²) < 4.78 is 0. The largest absolute Gasteiger partial charge is 0.0945 e. The number of rotatable bonds is 2. The van der Waals surface area contributed by atoms with Crippen molar-refractivity contribution >= 4 is 7.92 Å². The van der Waals surface area contributed by atoms with E-state index in [-0.39, 0.29) is 0 Å². The van der Waals surface area contributed by atoms with Crippen LogP contribution in [0.5, 0.6) is 0 Å². The fraction of sp³-hybridized carbons (Fsp3) is 1.00. The molecule has 0 amide bonds. The molecule has 0 unspecified atom stereocenters. The third-order valence-electron chi connectivity index (χ3n) is 4.37. The highest BCUT2D eigenvalue weighted by molar-refractivity contribution is 7.62. The second kappa shape index (κ2) is 3.54. The van der Waals surface area contributed by atoms with Crippen LogP contribution in [0.25, 0.3) is 0 Å². The van der Waals surface area contributed by atoms with Gasteiger partial charge in [0, 0.05) is 0 Å². The van der Waals surface area contributed by atoms with Gasteiger partial charge in [-0.05, 0) is 42.2 Å². The first-order valence-electron chi connectivity index (χ1n) is 5.98. The van der Waals surface area contributed by atoms with Crippen LogP contribution >= 0.6 is 7.92 Å². The Balaban J connectivity index is 2.11. The Hall–Kier alpha value is 0.430. The van der Waals surface area contributed by atoms with Gasteiger partial charge in [0.05, 0.1) is 0 Å². The molecule has 0 nitrogen and oxygen atoms in total. The fourth-order valence-electron chi connectivity index (χ4n) is 3.78. The first kappa shape index (κ1) is 9.97. The topological polar surface area (TPSA) is 0 Å². The summed E-state index contributed by atoms with van der Waals surface area (Å²) in [5.41, 5.74) is 2.17. The molecule has 76 valence electrons. The van der Waals surface area contributed by atoms with E-state index in [4.69, 9.17) is 0 Å². The average Bonchev–Trinajstić information content (AvgIpc) is 2.54. The predicted molar refractivity (Wildman–Crippen MR) is 62.0 cm³/mol. The second-order valence-corrected chi connectivity index (χ2v) is 8.65. The van der Waals surface area contributed by atoms with Gasteiger partial charge < -0.3 is 0 Å². The van der Waals surface area contributed by atoms with Crippen molar-refractivity contribution in [2.24, 2.45) is 0 Å². The van der Waals surface area contributed by atoms with E-state index in [0.29, 0.717) is 7.92 Å². The maximum atomic E-state index is 2.50. The normalized spacial score (nSPS) is 39.0. The zero-order valence-corrected chi connectivity index (χ0v) is 10.2. The summed E-state index contributed by atoms with van der Waals surface area (Å²) in [4.78, 5) is 0. The summed E-state index contributed by atoms with van der Waals surface area (Å²) in [5.74, 6) is 0. The zero-order chi connectivity index (χ0) is 9.47. The van der Waals surface area contributed by atoms with E-state index in [2.05, 4.69) is 20.8 Å². The summed E-state index contributed by atoms with van der Waals surface area (Å²) in [6.07, 6.45) is 9.15. The summed E-state index contributed by atoms with van der Waals surface area (Å²) in [6.45, 7) is 7.44. The molecule has 1 heterocycles. The van der Waals surface area contributed by atoms with Gasteiger partial charge in [0.15, 0.2) is 0 Å². The Morgan fingerprint density at radius 2 is 1.69 bits per heavy atom. The molecule has 0 radical (unpaired) electrons. The molecular weight excluding hydrogens is 175 g/mol. The first-order valence-corrected chi connectivity index (χ1v) is 7.46. The third-order valence-corrected chi connectivity index (χ3v) is 8.55. The highest BCUT2D eigenvalue weighted by Crippen LogP contribution is 2.72. The molecule has 2 atom stereocenters. The van der Waals surface area contributed by atoms with Crippen LogP contribution in [0.3, 0.4) is 0 Å². The van der Waals surface area contributed by atoms with Gasteiger partial charge in [-0.2, -0.15) is 0 Å². The van der Waals surface area contributed by atoms with Crippen molar-refractivity contribution in [1.29, 1.82) is 0 Å². The lowest BCUT2D eigenvalue weighted by molar-refractivity contribution is 0.534. The van der Waals surface area contributed by atoms with Crippen molar-refractivity contribution in [3.63, 3.8) is 0 Å². The smallest absolute Gasteiger partial charge is 0.00922 e. The summed E-state index contributed by atoms with van der Waals surface area (Å²) >= 11 is 0. The molecule has 0 aromatic carbocycles. The van der Waals surface area contributed by atoms with Crippen LogP contribution in [-0.2, 0) is 0 Å². The minimum absolute atomic E-state index is 0.394. The van der Waals surface area contributed by atoms with E-state index in [1.807, 2.05) is 0 Å². The molecule has 1 aliphatic carbocycles. The van der Waals surface area contributed by atoms with E-state index in [9.17, 15) is 0 Å². The van der Waals surface area contributed by atoms with Crippen molar-refractivity contribution in [3.05, 3.63) is 0 Å². The van der Waals surface area contributed by atoms with Gasteiger partial charge in [0.2, 0.25) is 0 Å². The van der Waals surface area contributed by atoms with Crippen molar-refractivity contribution in [1.82, 2.24) is 0 Å². The summed E-state index contributed by atoms with van der Waals surface area (Å²) in [5, 5.41) is 0.840. The van der Waals surface area contributed by atoms with E-state index in [1.54, 1.807) is 12.8 Å². The predicted octanol–water partition coefficient (Wildman–Crippen LogP) is 4.37. The fourth-order valence-corrected chi connectivity index (χ4v) is 8.41. The van der Waals surface area contributed by atoms with Crippen molar-refractivity contribution < 1.29 is 0 Å². The second-order valence-electron chi connectivity index (χ2n) is 5.13. The molecule has 2 fully saturated rings. The molecule has 0 bridgehead atoms. The average molecular weight is 198 g/mol. The van der Waals surface area contributed by atoms with E-state index < -0.39 is 0 Å².